The maximum absolute atomic E-state index is 6.10. The molecule has 114 valence electrons. The minimum Gasteiger partial charge on any atom is -0.493 e. The van der Waals surface area contributed by atoms with Crippen molar-refractivity contribution in [3.8, 4) is 5.75 Å². The number of hydrogen-bond donors (Lipinski definition) is 1. The van der Waals surface area contributed by atoms with Crippen LogP contribution in [0.2, 0.25) is 0 Å². The Labute approximate surface area is 124 Å². The summed E-state index contributed by atoms with van der Waals surface area (Å²) >= 11 is 0. The summed E-state index contributed by atoms with van der Waals surface area (Å²) in [5.41, 5.74) is 9.60. The Morgan fingerprint density at radius 3 is 2.30 bits per heavy atom. The van der Waals surface area contributed by atoms with Crippen LogP contribution in [0.5, 0.6) is 5.75 Å². The molecule has 0 aromatic heterocycles. The lowest BCUT2D eigenvalue weighted by Crippen LogP contribution is -2.15. The second-order valence-corrected chi connectivity index (χ2v) is 6.55. The lowest BCUT2D eigenvalue weighted by Gasteiger charge is -2.25. The van der Waals surface area contributed by atoms with Crippen LogP contribution in [0.25, 0.3) is 0 Å². The Balaban J connectivity index is 3.08. The summed E-state index contributed by atoms with van der Waals surface area (Å²) in [5, 5.41) is 0. The van der Waals surface area contributed by atoms with Crippen molar-refractivity contribution in [3.05, 3.63) is 28.8 Å². The van der Waals surface area contributed by atoms with Crippen LogP contribution in [0.1, 0.15) is 56.7 Å². The molecular formula is C18H31NO. The fourth-order valence-electron chi connectivity index (χ4n) is 2.59. The van der Waals surface area contributed by atoms with Crippen molar-refractivity contribution in [1.82, 2.24) is 0 Å². The van der Waals surface area contributed by atoms with Crippen LogP contribution in [-0.2, 0) is 0 Å². The van der Waals surface area contributed by atoms with Crippen LogP contribution < -0.4 is 10.5 Å². The molecule has 2 N–H and O–H groups in total. The van der Waals surface area contributed by atoms with E-state index in [0.717, 1.165) is 25.3 Å². The first-order valence-electron chi connectivity index (χ1n) is 7.80. The van der Waals surface area contributed by atoms with Gasteiger partial charge in [0.15, 0.2) is 0 Å². The van der Waals surface area contributed by atoms with Gasteiger partial charge in [-0.05, 0) is 55.7 Å². The quantitative estimate of drug-likeness (QED) is 0.800. The minimum absolute atomic E-state index is 0.472. The predicted molar refractivity (Wildman–Crippen MR) is 87.5 cm³/mol. The molecule has 1 aromatic carbocycles. The summed E-state index contributed by atoms with van der Waals surface area (Å²) in [6.07, 6.45) is 1.05. The molecular weight excluding hydrogens is 246 g/mol. The van der Waals surface area contributed by atoms with E-state index in [-0.39, 0.29) is 0 Å². The van der Waals surface area contributed by atoms with E-state index in [0.29, 0.717) is 17.8 Å². The largest absolute Gasteiger partial charge is 0.493 e. The molecule has 0 aliphatic rings. The summed E-state index contributed by atoms with van der Waals surface area (Å²) in [6, 6.07) is 4.49. The Morgan fingerprint density at radius 1 is 1.10 bits per heavy atom. The highest BCUT2D eigenvalue weighted by Crippen LogP contribution is 2.36. The number of nitrogens with two attached hydrogens (primary N) is 1. The number of benzene rings is 1. The fraction of sp³-hybridized carbons (Fsp3) is 0.667. The SMILES string of the molecule is Cc1cc(C)c(OCC(C)C)c(C(C)C(C)CCN)c1. The summed E-state index contributed by atoms with van der Waals surface area (Å²) in [5.74, 6) is 2.67. The molecule has 0 spiro atoms. The van der Waals surface area contributed by atoms with Crippen LogP contribution in [0, 0.1) is 25.7 Å². The van der Waals surface area contributed by atoms with E-state index >= 15 is 0 Å². The van der Waals surface area contributed by atoms with E-state index in [1.54, 1.807) is 0 Å². The second kappa shape index (κ2) is 7.68. The third-order valence-corrected chi connectivity index (χ3v) is 3.97. The van der Waals surface area contributed by atoms with Crippen LogP contribution in [0.3, 0.4) is 0 Å². The third-order valence-electron chi connectivity index (χ3n) is 3.97. The van der Waals surface area contributed by atoms with Crippen molar-refractivity contribution in [1.29, 1.82) is 0 Å². The standard InChI is InChI=1S/C18H31NO/c1-12(2)11-20-18-15(5)9-13(3)10-17(18)16(6)14(4)7-8-19/h9-10,12,14,16H,7-8,11,19H2,1-6H3. The van der Waals surface area contributed by atoms with Gasteiger partial charge in [0, 0.05) is 0 Å². The number of hydrogen-bond acceptors (Lipinski definition) is 2. The van der Waals surface area contributed by atoms with Crippen LogP contribution in [0.4, 0.5) is 0 Å². The van der Waals surface area contributed by atoms with Gasteiger partial charge in [0.05, 0.1) is 6.61 Å². The summed E-state index contributed by atoms with van der Waals surface area (Å²) in [7, 11) is 0. The van der Waals surface area contributed by atoms with Crippen molar-refractivity contribution >= 4 is 0 Å². The molecule has 2 nitrogen and oxygen atoms in total. The molecule has 1 rings (SSSR count). The molecule has 0 radical (unpaired) electrons. The molecule has 0 saturated heterocycles. The van der Waals surface area contributed by atoms with Gasteiger partial charge in [0.2, 0.25) is 0 Å². The maximum Gasteiger partial charge on any atom is 0.125 e. The highest BCUT2D eigenvalue weighted by molar-refractivity contribution is 5.45. The lowest BCUT2D eigenvalue weighted by atomic mass is 9.84. The zero-order valence-corrected chi connectivity index (χ0v) is 14.0. The van der Waals surface area contributed by atoms with E-state index in [1.165, 1.54) is 16.7 Å². The van der Waals surface area contributed by atoms with E-state index in [9.17, 15) is 0 Å². The predicted octanol–water partition coefficient (Wildman–Crippen LogP) is 4.43. The monoisotopic (exact) mass is 277 g/mol. The van der Waals surface area contributed by atoms with Crippen molar-refractivity contribution < 1.29 is 4.74 Å². The minimum atomic E-state index is 0.472. The van der Waals surface area contributed by atoms with Crippen LogP contribution in [-0.4, -0.2) is 13.2 Å². The van der Waals surface area contributed by atoms with Crippen LogP contribution >= 0.6 is 0 Å². The molecule has 0 fully saturated rings. The number of aryl methyl sites for hydroxylation is 2. The number of ether oxygens (including phenoxy) is 1. The van der Waals surface area contributed by atoms with Gasteiger partial charge in [-0.3, -0.25) is 0 Å². The van der Waals surface area contributed by atoms with Crippen molar-refractivity contribution in [2.75, 3.05) is 13.2 Å². The van der Waals surface area contributed by atoms with Gasteiger partial charge in [-0.2, -0.15) is 0 Å². The molecule has 0 saturated carbocycles. The van der Waals surface area contributed by atoms with E-state index in [2.05, 4.69) is 53.7 Å². The first-order valence-corrected chi connectivity index (χ1v) is 7.80. The molecule has 0 aliphatic carbocycles. The van der Waals surface area contributed by atoms with E-state index < -0.39 is 0 Å². The second-order valence-electron chi connectivity index (χ2n) is 6.55. The Hall–Kier alpha value is -1.02. The van der Waals surface area contributed by atoms with Gasteiger partial charge < -0.3 is 10.5 Å². The molecule has 20 heavy (non-hydrogen) atoms. The van der Waals surface area contributed by atoms with Crippen LogP contribution in [0.15, 0.2) is 12.1 Å². The van der Waals surface area contributed by atoms with Crippen molar-refractivity contribution in [2.24, 2.45) is 17.6 Å². The van der Waals surface area contributed by atoms with Gasteiger partial charge in [0.1, 0.15) is 5.75 Å². The third kappa shape index (κ3) is 4.52. The zero-order chi connectivity index (χ0) is 15.3. The fourth-order valence-corrected chi connectivity index (χ4v) is 2.59. The van der Waals surface area contributed by atoms with Crippen molar-refractivity contribution in [3.63, 3.8) is 0 Å². The average Bonchev–Trinajstić information content (AvgIpc) is 2.36. The maximum atomic E-state index is 6.10. The first-order chi connectivity index (χ1) is 9.36. The van der Waals surface area contributed by atoms with Gasteiger partial charge in [-0.1, -0.05) is 45.4 Å². The van der Waals surface area contributed by atoms with Crippen molar-refractivity contribution in [2.45, 2.75) is 53.9 Å². The Bertz CT molecular complexity index is 426. The normalized spacial score (nSPS) is 14.4. The average molecular weight is 277 g/mol. The molecule has 0 heterocycles. The van der Waals surface area contributed by atoms with E-state index in [1.807, 2.05) is 0 Å². The molecule has 2 atom stereocenters. The molecule has 0 amide bonds. The van der Waals surface area contributed by atoms with Gasteiger partial charge in [-0.25, -0.2) is 0 Å². The summed E-state index contributed by atoms with van der Waals surface area (Å²) in [6.45, 7) is 14.8. The molecule has 0 bridgehead atoms. The molecule has 0 aliphatic heterocycles. The number of rotatable bonds is 7. The van der Waals surface area contributed by atoms with E-state index in [4.69, 9.17) is 10.5 Å². The van der Waals surface area contributed by atoms with Gasteiger partial charge in [-0.15, -0.1) is 0 Å². The highest BCUT2D eigenvalue weighted by atomic mass is 16.5. The topological polar surface area (TPSA) is 35.2 Å². The smallest absolute Gasteiger partial charge is 0.125 e. The van der Waals surface area contributed by atoms with Gasteiger partial charge in [0.25, 0.3) is 0 Å². The summed E-state index contributed by atoms with van der Waals surface area (Å²) < 4.78 is 6.10. The molecule has 2 heteroatoms. The first kappa shape index (κ1) is 17.0. The zero-order valence-electron chi connectivity index (χ0n) is 14.0. The molecule has 1 aromatic rings. The summed E-state index contributed by atoms with van der Waals surface area (Å²) in [4.78, 5) is 0. The Kier molecular flexibility index (Phi) is 6.54. The highest BCUT2D eigenvalue weighted by Gasteiger charge is 2.20. The molecule has 2 unspecified atom stereocenters. The lowest BCUT2D eigenvalue weighted by molar-refractivity contribution is 0.263. The Morgan fingerprint density at radius 2 is 1.75 bits per heavy atom. The van der Waals surface area contributed by atoms with Gasteiger partial charge >= 0.3 is 0 Å².